The largest absolute Gasteiger partial charge is 0.228 e. The van der Waals surface area contributed by atoms with Crippen molar-refractivity contribution in [3.05, 3.63) is 217 Å². The summed E-state index contributed by atoms with van der Waals surface area (Å²) in [7, 11) is 0. The minimum atomic E-state index is -0.0957. The van der Waals surface area contributed by atoms with Crippen LogP contribution in [0.1, 0.15) is 25.0 Å². The van der Waals surface area contributed by atoms with E-state index in [0.717, 1.165) is 28.1 Å². The minimum Gasteiger partial charge on any atom is -0.228 e. The van der Waals surface area contributed by atoms with Gasteiger partial charge >= 0.3 is 0 Å². The first-order chi connectivity index (χ1) is 29.0. The predicted octanol–water partition coefficient (Wildman–Crippen LogP) is 15.1. The molecule has 0 saturated carbocycles. The Kier molecular flexibility index (Phi) is 8.20. The highest BCUT2D eigenvalue weighted by Crippen LogP contribution is 2.54. The van der Waals surface area contributed by atoms with Crippen molar-refractivity contribution in [1.82, 2.24) is 9.97 Å². The molecule has 1 aliphatic carbocycles. The van der Waals surface area contributed by atoms with E-state index in [9.17, 15) is 0 Å². The molecular weight excluding hydrogens is 713 g/mol. The third-order valence-electron chi connectivity index (χ3n) is 12.3. The van der Waals surface area contributed by atoms with Gasteiger partial charge in [0, 0.05) is 22.1 Å². The average molecular weight is 753 g/mol. The fraction of sp³-hybridized carbons (Fsp3) is 0.0526. The van der Waals surface area contributed by atoms with E-state index >= 15 is 0 Å². The van der Waals surface area contributed by atoms with Crippen molar-refractivity contribution >= 4 is 21.5 Å². The van der Waals surface area contributed by atoms with E-state index in [2.05, 4.69) is 196 Å². The summed E-state index contributed by atoms with van der Waals surface area (Å²) in [5, 5.41) is 5.06. The van der Waals surface area contributed by atoms with E-state index in [1.54, 1.807) is 0 Å². The van der Waals surface area contributed by atoms with Crippen LogP contribution in [0.5, 0.6) is 0 Å². The van der Waals surface area contributed by atoms with Crippen molar-refractivity contribution in [1.29, 1.82) is 0 Å². The number of benzene rings is 9. The Hall–Kier alpha value is -7.42. The van der Waals surface area contributed by atoms with Crippen molar-refractivity contribution in [3.63, 3.8) is 0 Å². The number of aromatic nitrogens is 2. The molecule has 2 heteroatoms. The smallest absolute Gasteiger partial charge is 0.160 e. The second kappa shape index (κ2) is 13.9. The molecule has 0 saturated heterocycles. The molecule has 1 aromatic heterocycles. The maximum absolute atomic E-state index is 5.12. The van der Waals surface area contributed by atoms with Crippen LogP contribution in [0.25, 0.3) is 100.0 Å². The van der Waals surface area contributed by atoms with Crippen LogP contribution >= 0.6 is 0 Å². The summed E-state index contributed by atoms with van der Waals surface area (Å²) >= 11 is 0. The van der Waals surface area contributed by atoms with Gasteiger partial charge in [0.25, 0.3) is 0 Å². The zero-order valence-corrected chi connectivity index (χ0v) is 33.0. The lowest BCUT2D eigenvalue weighted by Gasteiger charge is -2.22. The number of rotatable bonds is 6. The van der Waals surface area contributed by atoms with Crippen LogP contribution in [0, 0.1) is 0 Å². The Morgan fingerprint density at radius 1 is 0.322 bits per heavy atom. The summed E-state index contributed by atoms with van der Waals surface area (Å²) < 4.78 is 0. The number of hydrogen-bond donors (Lipinski definition) is 0. The lowest BCUT2D eigenvalue weighted by molar-refractivity contribution is 0.661. The molecule has 1 aliphatic rings. The molecule has 10 aromatic rings. The molecule has 0 unspecified atom stereocenters. The standard InChI is InChI=1S/C57H40N2/c1-57(2)51-23-13-22-49(55(51)50-34-43-18-9-10-19-44(43)35-52(50)57)48-33-32-45(46-20-11-12-21-47(46)48)39-26-30-41(31-27-39)54-36-53(58-56(59-54)42-16-7-4-8-17-42)40-28-24-38(25-29-40)37-14-5-3-6-15-37/h3-36H,1-2H3. The second-order valence-corrected chi connectivity index (χ2v) is 16.2. The Balaban J connectivity index is 0.984. The topological polar surface area (TPSA) is 25.8 Å². The van der Waals surface area contributed by atoms with Gasteiger partial charge < -0.3 is 0 Å². The van der Waals surface area contributed by atoms with Crippen molar-refractivity contribution in [2.24, 2.45) is 0 Å². The summed E-state index contributed by atoms with van der Waals surface area (Å²) in [4.78, 5) is 10.2. The minimum absolute atomic E-state index is 0.0957. The van der Waals surface area contributed by atoms with Gasteiger partial charge in [-0.3, -0.25) is 0 Å². The summed E-state index contributed by atoms with van der Waals surface area (Å²) in [6.45, 7) is 4.74. The zero-order valence-electron chi connectivity index (χ0n) is 33.0. The first-order valence-corrected chi connectivity index (χ1v) is 20.4. The quantitative estimate of drug-likeness (QED) is 0.169. The van der Waals surface area contributed by atoms with Crippen LogP contribution in [0.2, 0.25) is 0 Å². The Morgan fingerprint density at radius 3 is 1.49 bits per heavy atom. The first kappa shape index (κ1) is 34.8. The fourth-order valence-electron chi connectivity index (χ4n) is 9.23. The van der Waals surface area contributed by atoms with Gasteiger partial charge in [-0.25, -0.2) is 9.97 Å². The molecule has 0 radical (unpaired) electrons. The lowest BCUT2D eigenvalue weighted by Crippen LogP contribution is -2.14. The first-order valence-electron chi connectivity index (χ1n) is 20.4. The van der Waals surface area contributed by atoms with E-state index in [0.29, 0.717) is 5.82 Å². The zero-order chi connectivity index (χ0) is 39.5. The van der Waals surface area contributed by atoms with E-state index in [1.165, 1.54) is 77.2 Å². The number of hydrogen-bond acceptors (Lipinski definition) is 2. The van der Waals surface area contributed by atoms with E-state index in [4.69, 9.17) is 9.97 Å². The van der Waals surface area contributed by atoms with Crippen LogP contribution in [-0.4, -0.2) is 9.97 Å². The van der Waals surface area contributed by atoms with Gasteiger partial charge in [0.2, 0.25) is 0 Å². The van der Waals surface area contributed by atoms with Crippen molar-refractivity contribution in [2.75, 3.05) is 0 Å². The van der Waals surface area contributed by atoms with Gasteiger partial charge in [-0.15, -0.1) is 0 Å². The van der Waals surface area contributed by atoms with Crippen molar-refractivity contribution in [2.45, 2.75) is 19.3 Å². The summed E-state index contributed by atoms with van der Waals surface area (Å²) in [6, 6.07) is 74.3. The van der Waals surface area contributed by atoms with Crippen molar-refractivity contribution < 1.29 is 0 Å². The third-order valence-corrected chi connectivity index (χ3v) is 12.3. The van der Waals surface area contributed by atoms with Gasteiger partial charge in [0.05, 0.1) is 11.4 Å². The molecule has 0 atom stereocenters. The Morgan fingerprint density at radius 2 is 0.831 bits per heavy atom. The molecule has 278 valence electrons. The Bertz CT molecular complexity index is 3200. The highest BCUT2D eigenvalue weighted by molar-refractivity contribution is 6.09. The molecule has 0 bridgehead atoms. The maximum Gasteiger partial charge on any atom is 0.160 e. The van der Waals surface area contributed by atoms with Crippen LogP contribution in [-0.2, 0) is 5.41 Å². The van der Waals surface area contributed by atoms with E-state index in [1.807, 2.05) is 24.3 Å². The Labute approximate surface area is 345 Å². The van der Waals surface area contributed by atoms with Gasteiger partial charge in [0.1, 0.15) is 0 Å². The molecular formula is C57H40N2. The van der Waals surface area contributed by atoms with Gasteiger partial charge in [-0.2, -0.15) is 0 Å². The highest BCUT2D eigenvalue weighted by Gasteiger charge is 2.37. The van der Waals surface area contributed by atoms with Crippen molar-refractivity contribution in [3.8, 4) is 78.4 Å². The molecule has 1 heterocycles. The molecule has 9 aromatic carbocycles. The predicted molar refractivity (Wildman–Crippen MR) is 247 cm³/mol. The van der Waals surface area contributed by atoms with Gasteiger partial charge in [0.15, 0.2) is 5.82 Å². The van der Waals surface area contributed by atoms with Crippen LogP contribution in [0.15, 0.2) is 206 Å². The summed E-state index contributed by atoms with van der Waals surface area (Å²) in [6.07, 6.45) is 0. The van der Waals surface area contributed by atoms with Gasteiger partial charge in [-0.05, 0) is 95.4 Å². The normalized spacial score (nSPS) is 12.7. The van der Waals surface area contributed by atoms with E-state index < -0.39 is 0 Å². The average Bonchev–Trinajstić information content (AvgIpc) is 3.53. The number of fused-ring (bicyclic) bond motifs is 5. The van der Waals surface area contributed by atoms with Gasteiger partial charge in [-0.1, -0.05) is 202 Å². The van der Waals surface area contributed by atoms with Crippen LogP contribution in [0.3, 0.4) is 0 Å². The molecule has 0 N–H and O–H groups in total. The third kappa shape index (κ3) is 5.96. The molecule has 0 spiro atoms. The van der Waals surface area contributed by atoms with E-state index in [-0.39, 0.29) is 5.41 Å². The molecule has 11 rings (SSSR count). The monoisotopic (exact) mass is 752 g/mol. The molecule has 0 amide bonds. The maximum atomic E-state index is 5.12. The highest BCUT2D eigenvalue weighted by atomic mass is 14.9. The molecule has 0 aliphatic heterocycles. The summed E-state index contributed by atoms with van der Waals surface area (Å²) in [5.74, 6) is 0.711. The second-order valence-electron chi connectivity index (χ2n) is 16.2. The molecule has 0 fully saturated rings. The molecule has 2 nitrogen and oxygen atoms in total. The lowest BCUT2D eigenvalue weighted by atomic mass is 9.81. The molecule has 59 heavy (non-hydrogen) atoms. The summed E-state index contributed by atoms with van der Waals surface area (Å²) in [5.41, 5.74) is 17.6. The number of nitrogens with zero attached hydrogens (tertiary/aromatic N) is 2. The van der Waals surface area contributed by atoms with Crippen LogP contribution in [0.4, 0.5) is 0 Å². The van der Waals surface area contributed by atoms with Crippen LogP contribution < -0.4 is 0 Å². The SMILES string of the molecule is CC1(C)c2cc3ccccc3cc2-c2c(-c3ccc(-c4ccc(-c5cc(-c6ccc(-c7ccccc7)cc6)nc(-c6ccccc6)n5)cc4)c4ccccc34)cccc21. The fourth-order valence-corrected chi connectivity index (χ4v) is 9.23.